The van der Waals surface area contributed by atoms with Crippen molar-refractivity contribution in [1.82, 2.24) is 15.2 Å². The number of rotatable bonds is 3. The van der Waals surface area contributed by atoms with Crippen LogP contribution in [0.4, 0.5) is 4.39 Å². The van der Waals surface area contributed by atoms with E-state index in [0.717, 1.165) is 12.0 Å². The SMILES string of the molecule is Cc1nonc1CC(=O)N1CC[C@H]1c1ccc(F)cc1. The smallest absolute Gasteiger partial charge is 0.229 e. The molecule has 1 aliphatic rings. The average Bonchev–Trinajstić information content (AvgIpc) is 2.76. The summed E-state index contributed by atoms with van der Waals surface area (Å²) in [4.78, 5) is 14.0. The number of likely N-dealkylation sites (tertiary alicyclic amines) is 1. The monoisotopic (exact) mass is 275 g/mol. The summed E-state index contributed by atoms with van der Waals surface area (Å²) >= 11 is 0. The minimum atomic E-state index is -0.268. The lowest BCUT2D eigenvalue weighted by molar-refractivity contribution is -0.138. The van der Waals surface area contributed by atoms with Crippen LogP contribution in [0.5, 0.6) is 0 Å². The van der Waals surface area contributed by atoms with Crippen molar-refractivity contribution in [2.45, 2.75) is 25.8 Å². The highest BCUT2D eigenvalue weighted by atomic mass is 19.1. The van der Waals surface area contributed by atoms with E-state index in [9.17, 15) is 9.18 Å². The summed E-state index contributed by atoms with van der Waals surface area (Å²) in [7, 11) is 0. The summed E-state index contributed by atoms with van der Waals surface area (Å²) in [5.41, 5.74) is 2.16. The van der Waals surface area contributed by atoms with Gasteiger partial charge in [-0.2, -0.15) is 0 Å². The van der Waals surface area contributed by atoms with Gasteiger partial charge in [-0.25, -0.2) is 9.02 Å². The predicted octanol–water partition coefficient (Wildman–Crippen LogP) is 2.03. The van der Waals surface area contributed by atoms with Gasteiger partial charge >= 0.3 is 0 Å². The zero-order valence-electron chi connectivity index (χ0n) is 11.0. The summed E-state index contributed by atoms with van der Waals surface area (Å²) in [6.07, 6.45) is 1.08. The molecule has 104 valence electrons. The standard InChI is InChI=1S/C14H14FN3O2/c1-9-12(17-20-16-9)8-14(19)18-7-6-13(18)10-2-4-11(15)5-3-10/h2-5,13H,6-8H2,1H3/t13-/m0/s1. The fourth-order valence-electron chi connectivity index (χ4n) is 2.37. The maximum atomic E-state index is 12.9. The minimum absolute atomic E-state index is 0.00984. The molecule has 1 amide bonds. The van der Waals surface area contributed by atoms with Crippen molar-refractivity contribution in [2.24, 2.45) is 0 Å². The number of benzene rings is 1. The Morgan fingerprint density at radius 2 is 2.15 bits per heavy atom. The third-order valence-electron chi connectivity index (χ3n) is 3.66. The van der Waals surface area contributed by atoms with Crippen LogP contribution in [0, 0.1) is 12.7 Å². The lowest BCUT2D eigenvalue weighted by Gasteiger charge is -2.41. The van der Waals surface area contributed by atoms with Crippen molar-refractivity contribution >= 4 is 5.91 Å². The Morgan fingerprint density at radius 1 is 1.40 bits per heavy atom. The maximum Gasteiger partial charge on any atom is 0.229 e. The van der Waals surface area contributed by atoms with E-state index in [0.29, 0.717) is 17.9 Å². The topological polar surface area (TPSA) is 59.2 Å². The van der Waals surface area contributed by atoms with Gasteiger partial charge in [-0.05, 0) is 31.0 Å². The number of hydrogen-bond donors (Lipinski definition) is 0. The quantitative estimate of drug-likeness (QED) is 0.860. The largest absolute Gasteiger partial charge is 0.335 e. The van der Waals surface area contributed by atoms with E-state index in [1.807, 2.05) is 0 Å². The van der Waals surface area contributed by atoms with Crippen molar-refractivity contribution in [1.29, 1.82) is 0 Å². The number of amides is 1. The van der Waals surface area contributed by atoms with Crippen LogP contribution in [-0.2, 0) is 11.2 Å². The molecule has 1 fully saturated rings. The molecular weight excluding hydrogens is 261 g/mol. The highest BCUT2D eigenvalue weighted by molar-refractivity contribution is 5.79. The van der Waals surface area contributed by atoms with E-state index in [1.165, 1.54) is 12.1 Å². The number of hydrogen-bond acceptors (Lipinski definition) is 4. The average molecular weight is 275 g/mol. The Labute approximate surface area is 115 Å². The zero-order chi connectivity index (χ0) is 14.1. The number of carbonyl (C=O) groups excluding carboxylic acids is 1. The van der Waals surface area contributed by atoms with E-state index >= 15 is 0 Å². The van der Waals surface area contributed by atoms with Gasteiger partial charge in [0.15, 0.2) is 0 Å². The van der Waals surface area contributed by atoms with Crippen LogP contribution in [0.25, 0.3) is 0 Å². The molecule has 3 rings (SSSR count). The molecule has 1 aromatic heterocycles. The first-order valence-electron chi connectivity index (χ1n) is 6.48. The molecule has 0 spiro atoms. The molecule has 5 nitrogen and oxygen atoms in total. The molecule has 0 radical (unpaired) electrons. The van der Waals surface area contributed by atoms with Gasteiger partial charge in [-0.15, -0.1) is 0 Å². The van der Waals surface area contributed by atoms with Crippen molar-refractivity contribution in [3.63, 3.8) is 0 Å². The second-order valence-corrected chi connectivity index (χ2v) is 4.92. The fraction of sp³-hybridized carbons (Fsp3) is 0.357. The van der Waals surface area contributed by atoms with E-state index in [1.54, 1.807) is 24.0 Å². The molecule has 6 heteroatoms. The molecule has 20 heavy (non-hydrogen) atoms. The van der Waals surface area contributed by atoms with E-state index in [-0.39, 0.29) is 24.2 Å². The number of carbonyl (C=O) groups is 1. The third kappa shape index (κ3) is 2.29. The Bertz CT molecular complexity index is 624. The molecule has 1 atom stereocenters. The van der Waals surface area contributed by atoms with E-state index in [2.05, 4.69) is 14.9 Å². The first-order chi connectivity index (χ1) is 9.65. The molecule has 0 aliphatic carbocycles. The van der Waals surface area contributed by atoms with Crippen LogP contribution < -0.4 is 0 Å². The molecule has 2 aromatic rings. The number of aryl methyl sites for hydroxylation is 1. The van der Waals surface area contributed by atoms with Crippen molar-refractivity contribution < 1.29 is 13.8 Å². The number of halogens is 1. The second-order valence-electron chi connectivity index (χ2n) is 4.92. The van der Waals surface area contributed by atoms with Gasteiger partial charge < -0.3 is 4.90 Å². The predicted molar refractivity (Wildman–Crippen MR) is 68.2 cm³/mol. The molecule has 0 unspecified atom stereocenters. The van der Waals surface area contributed by atoms with Gasteiger partial charge in [0.1, 0.15) is 17.2 Å². The third-order valence-corrected chi connectivity index (χ3v) is 3.66. The molecule has 2 heterocycles. The molecule has 1 aliphatic heterocycles. The second kappa shape index (κ2) is 5.03. The highest BCUT2D eigenvalue weighted by Crippen LogP contribution is 2.33. The highest BCUT2D eigenvalue weighted by Gasteiger charge is 2.33. The Kier molecular flexibility index (Phi) is 3.22. The molecular formula is C14H14FN3O2. The van der Waals surface area contributed by atoms with Gasteiger partial charge in [-0.1, -0.05) is 22.4 Å². The van der Waals surface area contributed by atoms with Gasteiger partial charge in [0.2, 0.25) is 5.91 Å². The van der Waals surface area contributed by atoms with Crippen LogP contribution in [0.3, 0.4) is 0 Å². The van der Waals surface area contributed by atoms with Crippen LogP contribution in [0.1, 0.15) is 29.4 Å². The van der Waals surface area contributed by atoms with E-state index < -0.39 is 0 Å². The minimum Gasteiger partial charge on any atom is -0.335 e. The van der Waals surface area contributed by atoms with Crippen LogP contribution in [0.2, 0.25) is 0 Å². The fourth-order valence-corrected chi connectivity index (χ4v) is 2.37. The molecule has 1 saturated heterocycles. The molecule has 1 aromatic carbocycles. The summed E-state index contributed by atoms with van der Waals surface area (Å²) in [5.74, 6) is -0.278. The van der Waals surface area contributed by atoms with Crippen molar-refractivity contribution in [3.8, 4) is 0 Å². The van der Waals surface area contributed by atoms with Crippen LogP contribution in [0.15, 0.2) is 28.9 Å². The summed E-state index contributed by atoms with van der Waals surface area (Å²) in [6, 6.07) is 6.32. The summed E-state index contributed by atoms with van der Waals surface area (Å²) < 4.78 is 17.5. The number of nitrogens with zero attached hydrogens (tertiary/aromatic N) is 3. The van der Waals surface area contributed by atoms with Crippen molar-refractivity contribution in [3.05, 3.63) is 47.0 Å². The van der Waals surface area contributed by atoms with Gasteiger partial charge in [0.25, 0.3) is 0 Å². The molecule has 0 N–H and O–H groups in total. The van der Waals surface area contributed by atoms with Gasteiger partial charge in [0, 0.05) is 6.54 Å². The van der Waals surface area contributed by atoms with Crippen LogP contribution >= 0.6 is 0 Å². The lowest BCUT2D eigenvalue weighted by Crippen LogP contribution is -2.45. The number of aromatic nitrogens is 2. The molecule has 0 saturated carbocycles. The first-order valence-corrected chi connectivity index (χ1v) is 6.48. The molecule has 0 bridgehead atoms. The Hall–Kier alpha value is -2.24. The summed E-state index contributed by atoms with van der Waals surface area (Å²) in [5, 5.41) is 7.38. The Balaban J connectivity index is 1.70. The zero-order valence-corrected chi connectivity index (χ0v) is 11.0. The van der Waals surface area contributed by atoms with Gasteiger partial charge in [0.05, 0.1) is 12.5 Å². The van der Waals surface area contributed by atoms with Crippen molar-refractivity contribution in [2.75, 3.05) is 6.54 Å². The maximum absolute atomic E-state index is 12.9. The summed E-state index contributed by atoms with van der Waals surface area (Å²) in [6.45, 7) is 2.47. The lowest BCUT2D eigenvalue weighted by atomic mass is 9.94. The first kappa shape index (κ1) is 12.8. The van der Waals surface area contributed by atoms with E-state index in [4.69, 9.17) is 0 Å². The van der Waals surface area contributed by atoms with Gasteiger partial charge in [-0.3, -0.25) is 4.79 Å². The van der Waals surface area contributed by atoms with Crippen LogP contribution in [-0.4, -0.2) is 27.7 Å². The Morgan fingerprint density at radius 3 is 2.70 bits per heavy atom. The normalized spacial score (nSPS) is 17.9.